The van der Waals surface area contributed by atoms with Gasteiger partial charge < -0.3 is 15.0 Å². The van der Waals surface area contributed by atoms with E-state index in [1.807, 2.05) is 31.2 Å². The second-order valence-corrected chi connectivity index (χ2v) is 4.08. The molecule has 0 aliphatic heterocycles. The lowest BCUT2D eigenvalue weighted by Gasteiger charge is -2.04. The van der Waals surface area contributed by atoms with Crippen LogP contribution in [0.25, 0.3) is 11.3 Å². The lowest BCUT2D eigenvalue weighted by atomic mass is 10.0. The fourth-order valence-electron chi connectivity index (χ4n) is 1.91. The standard InChI is InChI=1S/C14H18N2O2/c1-3-5-12-13(18-16-14(12)15)10-6-8-11(9-7-10)17-4-2/h6-9H,3-5H2,1-2H3,(H2,15,16). The fourth-order valence-corrected chi connectivity index (χ4v) is 1.91. The monoisotopic (exact) mass is 246 g/mol. The summed E-state index contributed by atoms with van der Waals surface area (Å²) in [6, 6.07) is 7.77. The number of nitrogen functional groups attached to an aromatic ring is 1. The Morgan fingerprint density at radius 1 is 1.22 bits per heavy atom. The second-order valence-electron chi connectivity index (χ2n) is 4.08. The van der Waals surface area contributed by atoms with Crippen LogP contribution in [-0.4, -0.2) is 11.8 Å². The number of benzene rings is 1. The van der Waals surface area contributed by atoms with E-state index in [1.54, 1.807) is 0 Å². The van der Waals surface area contributed by atoms with Gasteiger partial charge in [-0.1, -0.05) is 18.5 Å². The van der Waals surface area contributed by atoms with Gasteiger partial charge >= 0.3 is 0 Å². The average Bonchev–Trinajstić information content (AvgIpc) is 2.73. The van der Waals surface area contributed by atoms with Crippen molar-refractivity contribution in [3.05, 3.63) is 29.8 Å². The third kappa shape index (κ3) is 2.47. The first kappa shape index (κ1) is 12.5. The first-order valence-electron chi connectivity index (χ1n) is 6.23. The summed E-state index contributed by atoms with van der Waals surface area (Å²) in [5.74, 6) is 2.10. The van der Waals surface area contributed by atoms with Gasteiger partial charge in [0.05, 0.1) is 6.61 Å². The first-order valence-corrected chi connectivity index (χ1v) is 6.23. The van der Waals surface area contributed by atoms with Crippen molar-refractivity contribution in [3.8, 4) is 17.1 Å². The van der Waals surface area contributed by atoms with Crippen molar-refractivity contribution in [2.75, 3.05) is 12.3 Å². The average molecular weight is 246 g/mol. The van der Waals surface area contributed by atoms with Gasteiger partial charge in [0, 0.05) is 11.1 Å². The molecule has 0 radical (unpaired) electrons. The first-order chi connectivity index (χ1) is 8.76. The molecular weight excluding hydrogens is 228 g/mol. The lowest BCUT2D eigenvalue weighted by molar-refractivity contribution is 0.340. The molecule has 1 aromatic carbocycles. The normalized spacial score (nSPS) is 10.6. The van der Waals surface area contributed by atoms with Crippen LogP contribution in [0, 0.1) is 0 Å². The Morgan fingerprint density at radius 2 is 1.94 bits per heavy atom. The Balaban J connectivity index is 2.30. The molecule has 0 spiro atoms. The third-order valence-corrected chi connectivity index (χ3v) is 2.75. The van der Waals surface area contributed by atoms with E-state index in [0.29, 0.717) is 12.4 Å². The van der Waals surface area contributed by atoms with Crippen molar-refractivity contribution in [3.63, 3.8) is 0 Å². The largest absolute Gasteiger partial charge is 0.494 e. The van der Waals surface area contributed by atoms with Crippen molar-refractivity contribution in [1.29, 1.82) is 0 Å². The predicted octanol–water partition coefficient (Wildman–Crippen LogP) is 3.28. The van der Waals surface area contributed by atoms with Gasteiger partial charge in [0.1, 0.15) is 5.75 Å². The van der Waals surface area contributed by atoms with E-state index in [1.165, 1.54) is 0 Å². The molecule has 0 atom stereocenters. The number of rotatable bonds is 5. The van der Waals surface area contributed by atoms with Crippen molar-refractivity contribution in [2.45, 2.75) is 26.7 Å². The Labute approximate surface area is 107 Å². The van der Waals surface area contributed by atoms with Gasteiger partial charge in [0.2, 0.25) is 0 Å². The van der Waals surface area contributed by atoms with Crippen LogP contribution in [-0.2, 0) is 6.42 Å². The van der Waals surface area contributed by atoms with Crippen molar-refractivity contribution in [1.82, 2.24) is 5.16 Å². The van der Waals surface area contributed by atoms with Crippen LogP contribution in [0.15, 0.2) is 28.8 Å². The highest BCUT2D eigenvalue weighted by Crippen LogP contribution is 2.30. The highest BCUT2D eigenvalue weighted by atomic mass is 16.5. The summed E-state index contributed by atoms with van der Waals surface area (Å²) in [6.45, 7) is 4.73. The topological polar surface area (TPSA) is 61.3 Å². The van der Waals surface area contributed by atoms with Crippen molar-refractivity contribution >= 4 is 5.82 Å². The van der Waals surface area contributed by atoms with Gasteiger partial charge in [-0.15, -0.1) is 0 Å². The predicted molar refractivity (Wildman–Crippen MR) is 71.5 cm³/mol. The van der Waals surface area contributed by atoms with Gasteiger partial charge in [0.25, 0.3) is 0 Å². The minimum Gasteiger partial charge on any atom is -0.494 e. The van der Waals surface area contributed by atoms with E-state index in [-0.39, 0.29) is 0 Å². The summed E-state index contributed by atoms with van der Waals surface area (Å²) < 4.78 is 10.7. The van der Waals surface area contributed by atoms with E-state index in [9.17, 15) is 0 Å². The highest BCUT2D eigenvalue weighted by Gasteiger charge is 2.14. The molecule has 2 N–H and O–H groups in total. The van der Waals surface area contributed by atoms with Gasteiger partial charge in [0.15, 0.2) is 11.6 Å². The summed E-state index contributed by atoms with van der Waals surface area (Å²) in [5.41, 5.74) is 7.78. The SMILES string of the molecule is CCCc1c(N)noc1-c1ccc(OCC)cc1. The van der Waals surface area contributed by atoms with E-state index >= 15 is 0 Å². The number of ether oxygens (including phenoxy) is 1. The maximum Gasteiger partial charge on any atom is 0.172 e. The Bertz CT molecular complexity index is 503. The minimum absolute atomic E-state index is 0.487. The molecule has 4 nitrogen and oxygen atoms in total. The number of nitrogens with zero attached hydrogens (tertiary/aromatic N) is 1. The fraction of sp³-hybridized carbons (Fsp3) is 0.357. The van der Waals surface area contributed by atoms with Crippen LogP contribution < -0.4 is 10.5 Å². The molecular formula is C14H18N2O2. The zero-order valence-electron chi connectivity index (χ0n) is 10.8. The molecule has 0 aliphatic carbocycles. The highest BCUT2D eigenvalue weighted by molar-refractivity contribution is 5.66. The zero-order chi connectivity index (χ0) is 13.0. The molecule has 0 bridgehead atoms. The van der Waals surface area contributed by atoms with E-state index in [2.05, 4.69) is 12.1 Å². The van der Waals surface area contributed by atoms with Crippen LogP contribution >= 0.6 is 0 Å². The van der Waals surface area contributed by atoms with Crippen molar-refractivity contribution in [2.24, 2.45) is 0 Å². The molecule has 0 fully saturated rings. The number of hydrogen-bond donors (Lipinski definition) is 1. The van der Waals surface area contributed by atoms with E-state index < -0.39 is 0 Å². The molecule has 1 heterocycles. The molecule has 96 valence electrons. The number of nitrogens with two attached hydrogens (primary N) is 1. The Kier molecular flexibility index (Phi) is 3.87. The van der Waals surface area contributed by atoms with Gasteiger partial charge in [-0.05, 0) is 37.6 Å². The van der Waals surface area contributed by atoms with E-state index in [0.717, 1.165) is 35.5 Å². The summed E-state index contributed by atoms with van der Waals surface area (Å²) >= 11 is 0. The smallest absolute Gasteiger partial charge is 0.172 e. The maximum absolute atomic E-state index is 5.81. The third-order valence-electron chi connectivity index (χ3n) is 2.75. The number of anilines is 1. The number of hydrogen-bond acceptors (Lipinski definition) is 4. The quantitative estimate of drug-likeness (QED) is 0.879. The lowest BCUT2D eigenvalue weighted by Crippen LogP contribution is -1.93. The minimum atomic E-state index is 0.487. The van der Waals surface area contributed by atoms with Crippen LogP contribution in [0.2, 0.25) is 0 Å². The summed E-state index contributed by atoms with van der Waals surface area (Å²) in [6.07, 6.45) is 1.88. The molecule has 2 rings (SSSR count). The molecule has 0 aliphatic rings. The summed E-state index contributed by atoms with van der Waals surface area (Å²) in [5, 5.41) is 3.84. The van der Waals surface area contributed by atoms with Gasteiger partial charge in [-0.3, -0.25) is 0 Å². The summed E-state index contributed by atoms with van der Waals surface area (Å²) in [7, 11) is 0. The van der Waals surface area contributed by atoms with E-state index in [4.69, 9.17) is 15.0 Å². The van der Waals surface area contributed by atoms with Crippen LogP contribution in [0.1, 0.15) is 25.8 Å². The van der Waals surface area contributed by atoms with Crippen molar-refractivity contribution < 1.29 is 9.26 Å². The zero-order valence-corrected chi connectivity index (χ0v) is 10.8. The summed E-state index contributed by atoms with van der Waals surface area (Å²) in [4.78, 5) is 0. The Morgan fingerprint density at radius 3 is 2.56 bits per heavy atom. The van der Waals surface area contributed by atoms with Crippen LogP contribution in [0.3, 0.4) is 0 Å². The molecule has 4 heteroatoms. The molecule has 0 amide bonds. The number of aromatic nitrogens is 1. The van der Waals surface area contributed by atoms with Crippen LogP contribution in [0.5, 0.6) is 5.75 Å². The van der Waals surface area contributed by atoms with Crippen LogP contribution in [0.4, 0.5) is 5.82 Å². The maximum atomic E-state index is 5.81. The molecule has 1 aromatic heterocycles. The van der Waals surface area contributed by atoms with Gasteiger partial charge in [-0.25, -0.2) is 0 Å². The van der Waals surface area contributed by atoms with Gasteiger partial charge in [-0.2, -0.15) is 0 Å². The Hall–Kier alpha value is -1.97. The molecule has 0 unspecified atom stereocenters. The second kappa shape index (κ2) is 5.58. The molecule has 0 saturated heterocycles. The molecule has 2 aromatic rings. The molecule has 0 saturated carbocycles. The molecule has 18 heavy (non-hydrogen) atoms.